The van der Waals surface area contributed by atoms with E-state index in [1.165, 1.54) is 24.2 Å². The highest BCUT2D eigenvalue weighted by Gasteiger charge is 2.29. The summed E-state index contributed by atoms with van der Waals surface area (Å²) < 4.78 is 10.5. The number of rotatable bonds is 3. The molecule has 0 radical (unpaired) electrons. The number of H-pyrrole nitrogens is 1. The molecule has 1 unspecified atom stereocenters. The summed E-state index contributed by atoms with van der Waals surface area (Å²) in [6, 6.07) is 1.23. The molecule has 0 spiro atoms. The average molecular weight is 366 g/mol. The smallest absolute Gasteiger partial charge is 0.290 e. The minimum absolute atomic E-state index is 0.158. The third kappa shape index (κ3) is 4.42. The Morgan fingerprint density at radius 1 is 1.54 bits per heavy atom. The number of tetrazole rings is 1. The van der Waals surface area contributed by atoms with Crippen molar-refractivity contribution in [1.82, 2.24) is 30.1 Å². The molecule has 2 N–H and O–H groups in total. The number of ether oxygens (including phenoxy) is 2. The van der Waals surface area contributed by atoms with Gasteiger partial charge in [0.15, 0.2) is 5.75 Å². The number of hydrogen-bond donors (Lipinski definition) is 2. The second-order valence-electron chi connectivity index (χ2n) is 5.13. The number of methoxy groups -OCH3 is 1. The number of aromatic nitrogens is 5. The van der Waals surface area contributed by atoms with E-state index in [4.69, 9.17) is 19.4 Å². The molecule has 1 fully saturated rings. The minimum atomic E-state index is -0.439. The second kappa shape index (κ2) is 8.71. The molecule has 2 aromatic rings. The number of nitrogens with one attached hydrogen (secondary N) is 1. The van der Waals surface area contributed by atoms with Gasteiger partial charge in [0.2, 0.25) is 11.3 Å². The molecule has 12 nitrogen and oxygen atoms in total. The van der Waals surface area contributed by atoms with Crippen molar-refractivity contribution in [2.45, 2.75) is 6.10 Å². The van der Waals surface area contributed by atoms with Crippen LogP contribution in [0.5, 0.6) is 5.75 Å². The lowest BCUT2D eigenvalue weighted by atomic mass is 10.2. The molecule has 1 saturated heterocycles. The van der Waals surface area contributed by atoms with E-state index in [2.05, 4.69) is 20.4 Å². The quantitative estimate of drug-likeness (QED) is 0.639. The van der Waals surface area contributed by atoms with E-state index in [9.17, 15) is 9.59 Å². The zero-order valence-electron chi connectivity index (χ0n) is 14.2. The van der Waals surface area contributed by atoms with Gasteiger partial charge < -0.3 is 24.5 Å². The van der Waals surface area contributed by atoms with Gasteiger partial charge in [0, 0.05) is 18.8 Å². The van der Waals surface area contributed by atoms with E-state index in [0.717, 1.165) is 0 Å². The fourth-order valence-electron chi connectivity index (χ4n) is 2.33. The lowest BCUT2D eigenvalue weighted by molar-refractivity contribution is -0.122. The maximum Gasteiger partial charge on any atom is 0.290 e. The van der Waals surface area contributed by atoms with Crippen molar-refractivity contribution in [1.29, 1.82) is 0 Å². The second-order valence-corrected chi connectivity index (χ2v) is 5.13. The summed E-state index contributed by atoms with van der Waals surface area (Å²) in [5, 5.41) is 18.7. The Morgan fingerprint density at radius 2 is 2.27 bits per heavy atom. The maximum atomic E-state index is 12.5. The molecule has 140 valence electrons. The third-order valence-corrected chi connectivity index (χ3v) is 3.49. The van der Waals surface area contributed by atoms with Crippen LogP contribution >= 0.6 is 0 Å². The lowest BCUT2D eigenvalue weighted by Gasteiger charge is -2.31. The number of aryl methyl sites for hydroxylation is 1. The van der Waals surface area contributed by atoms with Gasteiger partial charge in [-0.05, 0) is 5.21 Å². The van der Waals surface area contributed by atoms with Crippen LogP contribution in [-0.4, -0.2) is 74.4 Å². The van der Waals surface area contributed by atoms with Gasteiger partial charge in [0.05, 0.1) is 27.3 Å². The highest BCUT2D eigenvalue weighted by molar-refractivity contribution is 5.92. The number of nitrogens with zero attached hydrogens (tertiary/aromatic N) is 5. The number of carboxylic acid groups (broad SMARTS) is 1. The lowest BCUT2D eigenvalue weighted by Crippen LogP contribution is -2.43. The van der Waals surface area contributed by atoms with Gasteiger partial charge in [-0.1, -0.05) is 0 Å². The summed E-state index contributed by atoms with van der Waals surface area (Å²) >= 11 is 0. The highest BCUT2D eigenvalue weighted by Crippen LogP contribution is 2.19. The fourth-order valence-corrected chi connectivity index (χ4v) is 2.33. The Balaban J connectivity index is 0.000000758. The first-order valence-corrected chi connectivity index (χ1v) is 7.49. The Hall–Kier alpha value is -3.28. The topological polar surface area (TPSA) is 153 Å². The molecule has 26 heavy (non-hydrogen) atoms. The van der Waals surface area contributed by atoms with Crippen molar-refractivity contribution in [3.05, 3.63) is 34.0 Å². The van der Waals surface area contributed by atoms with Gasteiger partial charge in [-0.25, -0.2) is 0 Å². The van der Waals surface area contributed by atoms with E-state index in [0.29, 0.717) is 25.5 Å². The summed E-state index contributed by atoms with van der Waals surface area (Å²) in [4.78, 5) is 38.4. The van der Waals surface area contributed by atoms with Gasteiger partial charge in [-0.2, -0.15) is 4.80 Å². The van der Waals surface area contributed by atoms with Crippen LogP contribution in [0.3, 0.4) is 0 Å². The van der Waals surface area contributed by atoms with E-state index in [1.807, 2.05) is 0 Å². The molecule has 0 bridgehead atoms. The number of hydrogen-bond acceptors (Lipinski definition) is 8. The Bertz CT molecular complexity index is 818. The highest BCUT2D eigenvalue weighted by atomic mass is 16.5. The van der Waals surface area contributed by atoms with Crippen LogP contribution in [-0.2, 0) is 16.6 Å². The number of amides is 1. The standard InChI is InChI=1S/C13H16N6O4.CH2O2/c1-18-16-12(15-17-18)11-7-19(3-4-23-11)13(21)8-5-9(20)10(22-2)6-14-8;2-1-3/h5-6,11H,3-4,7H2,1-2H3,(H,14,20);1H,(H,2,3). The normalized spacial score (nSPS) is 16.4. The molecule has 0 aromatic carbocycles. The number of morpholine rings is 1. The van der Waals surface area contributed by atoms with Crippen LogP contribution in [0, 0.1) is 0 Å². The van der Waals surface area contributed by atoms with E-state index < -0.39 is 6.10 Å². The van der Waals surface area contributed by atoms with E-state index in [-0.39, 0.29) is 29.3 Å². The molecule has 1 amide bonds. The first kappa shape index (κ1) is 19.1. The first-order valence-electron chi connectivity index (χ1n) is 7.49. The number of aromatic amines is 1. The summed E-state index contributed by atoms with van der Waals surface area (Å²) in [6.45, 7) is 0.817. The van der Waals surface area contributed by atoms with Crippen LogP contribution in [0.1, 0.15) is 22.4 Å². The van der Waals surface area contributed by atoms with Gasteiger partial charge >= 0.3 is 0 Å². The Morgan fingerprint density at radius 3 is 2.85 bits per heavy atom. The average Bonchev–Trinajstić information content (AvgIpc) is 3.08. The predicted octanol–water partition coefficient (Wildman–Crippen LogP) is -1.18. The van der Waals surface area contributed by atoms with Crippen molar-refractivity contribution in [2.75, 3.05) is 26.8 Å². The summed E-state index contributed by atoms with van der Waals surface area (Å²) in [5.41, 5.74) is -0.154. The zero-order valence-corrected chi connectivity index (χ0v) is 14.2. The molecular weight excluding hydrogens is 348 g/mol. The van der Waals surface area contributed by atoms with Crippen molar-refractivity contribution in [3.63, 3.8) is 0 Å². The molecule has 3 rings (SSSR count). The van der Waals surface area contributed by atoms with Crippen LogP contribution in [0.2, 0.25) is 0 Å². The molecule has 1 aliphatic rings. The molecule has 0 aliphatic carbocycles. The van der Waals surface area contributed by atoms with Crippen molar-refractivity contribution >= 4 is 12.4 Å². The van der Waals surface area contributed by atoms with Crippen LogP contribution in [0.25, 0.3) is 0 Å². The number of carbonyl (C=O) groups is 2. The first-order chi connectivity index (χ1) is 12.5. The van der Waals surface area contributed by atoms with Crippen LogP contribution < -0.4 is 10.2 Å². The van der Waals surface area contributed by atoms with E-state index in [1.54, 1.807) is 11.9 Å². The van der Waals surface area contributed by atoms with Gasteiger partial charge in [-0.15, -0.1) is 10.2 Å². The third-order valence-electron chi connectivity index (χ3n) is 3.49. The van der Waals surface area contributed by atoms with Gasteiger partial charge in [-0.3, -0.25) is 14.4 Å². The van der Waals surface area contributed by atoms with Crippen LogP contribution in [0.4, 0.5) is 0 Å². The molecule has 0 saturated carbocycles. The summed E-state index contributed by atoms with van der Waals surface area (Å²) in [5.74, 6) is 0.292. The Labute approximate surface area is 147 Å². The van der Waals surface area contributed by atoms with Crippen LogP contribution in [0.15, 0.2) is 17.1 Å². The molecule has 2 aromatic heterocycles. The molecule has 3 heterocycles. The predicted molar refractivity (Wildman–Crippen MR) is 85.7 cm³/mol. The van der Waals surface area contributed by atoms with Crippen molar-refractivity contribution < 1.29 is 24.2 Å². The zero-order chi connectivity index (χ0) is 19.1. The Kier molecular flexibility index (Phi) is 6.38. The van der Waals surface area contributed by atoms with Crippen molar-refractivity contribution in [3.8, 4) is 5.75 Å². The minimum Gasteiger partial charge on any atom is -0.491 e. The number of carbonyl (C=O) groups excluding carboxylic acids is 1. The summed E-state index contributed by atoms with van der Waals surface area (Å²) in [7, 11) is 3.05. The molecule has 1 aliphatic heterocycles. The monoisotopic (exact) mass is 366 g/mol. The molecular formula is C14H18N6O6. The van der Waals surface area contributed by atoms with Gasteiger partial charge in [0.1, 0.15) is 11.8 Å². The summed E-state index contributed by atoms with van der Waals surface area (Å²) in [6.07, 6.45) is 0.934. The number of pyridine rings is 1. The molecule has 12 heteroatoms. The van der Waals surface area contributed by atoms with E-state index >= 15 is 0 Å². The fraction of sp³-hybridized carbons (Fsp3) is 0.429. The van der Waals surface area contributed by atoms with Gasteiger partial charge in [0.25, 0.3) is 12.4 Å². The SMILES string of the molecule is COc1c[nH]c(C(=O)N2CCOC(c3nnn(C)n3)C2)cc1=O.O=CO. The largest absolute Gasteiger partial charge is 0.491 e. The molecule has 1 atom stereocenters. The maximum absolute atomic E-state index is 12.5. The van der Waals surface area contributed by atoms with Crippen molar-refractivity contribution in [2.24, 2.45) is 7.05 Å².